The zero-order valence-corrected chi connectivity index (χ0v) is 15.6. The summed E-state index contributed by atoms with van der Waals surface area (Å²) in [5.74, 6) is 1.12. The zero-order valence-electron chi connectivity index (χ0n) is 14.0. The van der Waals surface area contributed by atoms with E-state index in [9.17, 15) is 18.0 Å². The summed E-state index contributed by atoms with van der Waals surface area (Å²) in [5.41, 5.74) is 0.541. The Hall–Kier alpha value is -1.45. The van der Waals surface area contributed by atoms with Gasteiger partial charge in [-0.05, 0) is 11.6 Å². The molecule has 9 heteroatoms. The van der Waals surface area contributed by atoms with Gasteiger partial charge >= 0.3 is 6.18 Å². The van der Waals surface area contributed by atoms with Gasteiger partial charge in [0.25, 0.3) is 5.56 Å². The number of hydrogen-bond donors (Lipinski definition) is 0. The zero-order chi connectivity index (χ0) is 18.7. The summed E-state index contributed by atoms with van der Waals surface area (Å²) in [4.78, 5) is 17.9. The molecule has 0 radical (unpaired) electrons. The van der Waals surface area contributed by atoms with Crippen molar-refractivity contribution in [3.05, 3.63) is 51.4 Å². The summed E-state index contributed by atoms with van der Waals surface area (Å²) in [6.45, 7) is 0.725. The molecule has 0 bridgehead atoms. The lowest BCUT2D eigenvalue weighted by Gasteiger charge is -2.13. The van der Waals surface area contributed by atoms with Crippen molar-refractivity contribution < 1.29 is 17.9 Å². The summed E-state index contributed by atoms with van der Waals surface area (Å²) in [6.07, 6.45) is -3.64. The second-order valence-electron chi connectivity index (χ2n) is 5.71. The minimum atomic E-state index is -4.37. The van der Waals surface area contributed by atoms with E-state index in [-0.39, 0.29) is 5.56 Å². The van der Waals surface area contributed by atoms with E-state index >= 15 is 0 Å². The van der Waals surface area contributed by atoms with Gasteiger partial charge in [0, 0.05) is 25.0 Å². The third-order valence-corrected chi connectivity index (χ3v) is 6.04. The van der Waals surface area contributed by atoms with Crippen molar-refractivity contribution in [3.8, 4) is 0 Å². The van der Waals surface area contributed by atoms with Crippen molar-refractivity contribution in [2.45, 2.75) is 34.9 Å². The molecule has 1 aliphatic rings. The predicted octanol–water partition coefficient (Wildman–Crippen LogP) is 3.85. The number of nitrogens with zero attached hydrogens (tertiary/aromatic N) is 2. The summed E-state index contributed by atoms with van der Waals surface area (Å²) in [6, 6.07) is 5.22. The maximum absolute atomic E-state index is 12.9. The Bertz CT molecular complexity index is 853. The number of methoxy groups -OCH3 is 1. The maximum Gasteiger partial charge on any atom is 0.416 e. The minimum absolute atomic E-state index is 0.0962. The van der Waals surface area contributed by atoms with Crippen LogP contribution in [0.1, 0.15) is 16.8 Å². The molecule has 0 fully saturated rings. The Morgan fingerprint density at radius 2 is 2.19 bits per heavy atom. The lowest BCUT2D eigenvalue weighted by Crippen LogP contribution is -2.27. The van der Waals surface area contributed by atoms with Gasteiger partial charge in [0.15, 0.2) is 5.16 Å². The second-order valence-corrected chi connectivity index (χ2v) is 7.75. The fraction of sp³-hybridized carbons (Fsp3) is 0.412. The molecule has 0 amide bonds. The van der Waals surface area contributed by atoms with Gasteiger partial charge in [-0.2, -0.15) is 13.2 Å². The lowest BCUT2D eigenvalue weighted by atomic mass is 10.1. The molecule has 140 valence electrons. The van der Waals surface area contributed by atoms with Crippen molar-refractivity contribution in [2.24, 2.45) is 0 Å². The van der Waals surface area contributed by atoms with Gasteiger partial charge in [0.2, 0.25) is 0 Å². The molecule has 0 N–H and O–H groups in total. The van der Waals surface area contributed by atoms with Gasteiger partial charge < -0.3 is 4.74 Å². The topological polar surface area (TPSA) is 44.1 Å². The molecule has 2 aromatic rings. The van der Waals surface area contributed by atoms with Crippen molar-refractivity contribution in [2.75, 3.05) is 19.5 Å². The van der Waals surface area contributed by atoms with E-state index in [1.807, 2.05) is 0 Å². The van der Waals surface area contributed by atoms with Gasteiger partial charge in [-0.15, -0.1) is 11.8 Å². The molecule has 0 saturated heterocycles. The van der Waals surface area contributed by atoms with Gasteiger partial charge in [-0.3, -0.25) is 9.36 Å². The first-order chi connectivity index (χ1) is 12.4. The van der Waals surface area contributed by atoms with Crippen molar-refractivity contribution in [1.82, 2.24) is 9.55 Å². The van der Waals surface area contributed by atoms with E-state index < -0.39 is 11.7 Å². The molecule has 0 unspecified atom stereocenters. The highest BCUT2D eigenvalue weighted by molar-refractivity contribution is 7.99. The number of aromatic nitrogens is 2. The van der Waals surface area contributed by atoms with Crippen LogP contribution in [-0.2, 0) is 29.6 Å². The molecule has 0 atom stereocenters. The fourth-order valence-corrected chi connectivity index (χ4v) is 4.63. The molecule has 2 heterocycles. The third kappa shape index (κ3) is 4.27. The van der Waals surface area contributed by atoms with Crippen molar-refractivity contribution in [1.29, 1.82) is 0 Å². The Morgan fingerprint density at radius 1 is 1.38 bits per heavy atom. The molecule has 1 aromatic carbocycles. The Balaban J connectivity index is 1.86. The van der Waals surface area contributed by atoms with E-state index in [0.29, 0.717) is 34.5 Å². The number of halogens is 3. The monoisotopic (exact) mass is 402 g/mol. The number of hydrogen-bond acceptors (Lipinski definition) is 5. The van der Waals surface area contributed by atoms with Crippen LogP contribution in [0.2, 0.25) is 0 Å². The van der Waals surface area contributed by atoms with E-state index in [0.717, 1.165) is 30.0 Å². The highest BCUT2D eigenvalue weighted by atomic mass is 32.2. The van der Waals surface area contributed by atoms with Crippen LogP contribution < -0.4 is 5.56 Å². The average molecular weight is 402 g/mol. The molecule has 26 heavy (non-hydrogen) atoms. The number of benzene rings is 1. The van der Waals surface area contributed by atoms with Gasteiger partial charge in [0.05, 0.1) is 29.3 Å². The Morgan fingerprint density at radius 3 is 2.92 bits per heavy atom. The predicted molar refractivity (Wildman–Crippen MR) is 95.8 cm³/mol. The molecule has 4 nitrogen and oxygen atoms in total. The van der Waals surface area contributed by atoms with Crippen LogP contribution in [-0.4, -0.2) is 29.0 Å². The Kier molecular flexibility index (Phi) is 5.99. The van der Waals surface area contributed by atoms with Crippen LogP contribution in [0.15, 0.2) is 39.1 Å². The van der Waals surface area contributed by atoms with Gasteiger partial charge in [-0.25, -0.2) is 4.98 Å². The molecule has 1 aliphatic heterocycles. The first-order valence-corrected chi connectivity index (χ1v) is 9.91. The quantitative estimate of drug-likeness (QED) is 0.543. The molecule has 3 rings (SSSR count). The highest BCUT2D eigenvalue weighted by Gasteiger charge is 2.30. The first-order valence-electron chi connectivity index (χ1n) is 7.94. The molecule has 0 saturated carbocycles. The van der Waals surface area contributed by atoms with Crippen LogP contribution in [0.3, 0.4) is 0 Å². The van der Waals surface area contributed by atoms with E-state index in [1.54, 1.807) is 17.7 Å². The number of thioether (sulfide) groups is 2. The second kappa shape index (κ2) is 8.06. The summed E-state index contributed by atoms with van der Waals surface area (Å²) in [5, 5.41) is 0.519. The van der Waals surface area contributed by atoms with Crippen LogP contribution in [0.4, 0.5) is 13.2 Å². The lowest BCUT2D eigenvalue weighted by molar-refractivity contribution is -0.137. The van der Waals surface area contributed by atoms with Gasteiger partial charge in [-0.1, -0.05) is 30.0 Å². The minimum Gasteiger partial charge on any atom is -0.383 e. The highest BCUT2D eigenvalue weighted by Crippen LogP contribution is 2.32. The number of alkyl halides is 3. The first kappa shape index (κ1) is 19.3. The number of rotatable bonds is 6. The third-order valence-electron chi connectivity index (χ3n) is 3.89. The molecule has 0 spiro atoms. The van der Waals surface area contributed by atoms with Gasteiger partial charge in [0.1, 0.15) is 0 Å². The van der Waals surface area contributed by atoms with E-state index in [2.05, 4.69) is 4.98 Å². The normalized spacial score (nSPS) is 13.8. The summed E-state index contributed by atoms with van der Waals surface area (Å²) in [7, 11) is 1.55. The summed E-state index contributed by atoms with van der Waals surface area (Å²) >= 11 is 2.77. The average Bonchev–Trinajstić information content (AvgIpc) is 3.08. The molecule has 1 aromatic heterocycles. The summed E-state index contributed by atoms with van der Waals surface area (Å²) < 4.78 is 45.2. The van der Waals surface area contributed by atoms with E-state index in [4.69, 9.17) is 4.74 Å². The largest absolute Gasteiger partial charge is 0.416 e. The van der Waals surface area contributed by atoms with E-state index in [1.165, 1.54) is 29.6 Å². The van der Waals surface area contributed by atoms with Crippen LogP contribution in [0, 0.1) is 0 Å². The number of aryl methyl sites for hydroxylation is 1. The Labute approximate surface area is 157 Å². The molecular formula is C17H17F3N2O2S2. The van der Waals surface area contributed by atoms with Crippen LogP contribution >= 0.6 is 23.5 Å². The number of fused-ring (bicyclic) bond motifs is 1. The maximum atomic E-state index is 12.9. The van der Waals surface area contributed by atoms with Crippen molar-refractivity contribution >= 4 is 23.5 Å². The SMILES string of the molecule is COCCn1c(SCc2cccc(C(F)(F)F)c2)nc2c(c1=O)SCC2. The molecular weight excluding hydrogens is 385 g/mol. The van der Waals surface area contributed by atoms with Crippen molar-refractivity contribution in [3.63, 3.8) is 0 Å². The van der Waals surface area contributed by atoms with Crippen LogP contribution in [0.5, 0.6) is 0 Å². The smallest absolute Gasteiger partial charge is 0.383 e. The molecule has 0 aliphatic carbocycles. The van der Waals surface area contributed by atoms with Crippen LogP contribution in [0.25, 0.3) is 0 Å². The fourth-order valence-electron chi connectivity index (χ4n) is 2.60. The standard InChI is InChI=1S/C17H17F3N2O2S2/c1-24-7-6-22-15(23)14-13(5-8-25-14)21-16(22)26-10-11-3-2-4-12(9-11)17(18,19)20/h2-4,9H,5-8,10H2,1H3. The number of ether oxygens (including phenoxy) is 1.